The van der Waals surface area contributed by atoms with Crippen LogP contribution in [0.25, 0.3) is 0 Å². The predicted octanol–water partition coefficient (Wildman–Crippen LogP) is 2.72. The third kappa shape index (κ3) is 1.92. The number of pyridine rings is 1. The minimum Gasteiger partial charge on any atom is -0.398 e. The van der Waals surface area contributed by atoms with Crippen LogP contribution >= 0.6 is 0 Å². The Balaban J connectivity index is 2.39. The molecule has 2 N–H and O–H groups in total. The van der Waals surface area contributed by atoms with E-state index in [2.05, 4.69) is 32.7 Å². The van der Waals surface area contributed by atoms with E-state index in [1.807, 2.05) is 12.3 Å². The first-order valence-electron chi connectivity index (χ1n) is 5.71. The summed E-state index contributed by atoms with van der Waals surface area (Å²) in [5, 5.41) is 0. The minimum absolute atomic E-state index is 0.0869. The number of ether oxygens (including phenoxy) is 1. The monoisotopic (exact) mass is 220 g/mol. The molecule has 16 heavy (non-hydrogen) atoms. The van der Waals surface area contributed by atoms with Crippen LogP contribution in [0.1, 0.15) is 45.6 Å². The molecular formula is C13H20N2O. The first-order chi connectivity index (χ1) is 7.32. The van der Waals surface area contributed by atoms with Crippen molar-refractivity contribution in [3.8, 4) is 0 Å². The molecule has 3 heteroatoms. The molecule has 1 aromatic rings. The number of nitrogens with two attached hydrogens (primary N) is 1. The van der Waals surface area contributed by atoms with Crippen molar-refractivity contribution in [3.63, 3.8) is 0 Å². The molecule has 2 heterocycles. The number of anilines is 1. The standard InChI is InChI=1S/C13H20N2O/c1-12(2)7-10(13(3,4)16-12)9-8-15-6-5-11(9)14/h5-6,8,10H,7H2,1-4H3,(H2,14,15). The summed E-state index contributed by atoms with van der Waals surface area (Å²) in [5.41, 5.74) is 7.67. The van der Waals surface area contributed by atoms with Crippen molar-refractivity contribution in [2.24, 2.45) is 0 Å². The molecule has 0 spiro atoms. The maximum Gasteiger partial charge on any atom is 0.0704 e. The second-order valence-corrected chi connectivity index (χ2v) is 5.73. The van der Waals surface area contributed by atoms with E-state index in [1.165, 1.54) is 0 Å². The summed E-state index contributed by atoms with van der Waals surface area (Å²) in [4.78, 5) is 4.17. The summed E-state index contributed by atoms with van der Waals surface area (Å²) in [5.74, 6) is 0.316. The van der Waals surface area contributed by atoms with Gasteiger partial charge in [0.15, 0.2) is 0 Å². The number of hydrogen-bond donors (Lipinski definition) is 1. The maximum atomic E-state index is 6.07. The van der Waals surface area contributed by atoms with E-state index in [4.69, 9.17) is 10.5 Å². The van der Waals surface area contributed by atoms with Crippen LogP contribution in [0.4, 0.5) is 5.69 Å². The van der Waals surface area contributed by atoms with Crippen molar-refractivity contribution in [2.45, 2.75) is 51.2 Å². The molecule has 1 fully saturated rings. The molecule has 1 saturated heterocycles. The van der Waals surface area contributed by atoms with Crippen molar-refractivity contribution >= 4 is 5.69 Å². The lowest BCUT2D eigenvalue weighted by Gasteiger charge is -2.27. The number of nitrogens with zero attached hydrogens (tertiary/aromatic N) is 1. The molecule has 0 bridgehead atoms. The van der Waals surface area contributed by atoms with Gasteiger partial charge >= 0.3 is 0 Å². The highest BCUT2D eigenvalue weighted by atomic mass is 16.5. The summed E-state index contributed by atoms with van der Waals surface area (Å²) in [6.07, 6.45) is 4.58. The fraction of sp³-hybridized carbons (Fsp3) is 0.615. The van der Waals surface area contributed by atoms with E-state index in [1.54, 1.807) is 6.20 Å². The molecule has 0 aliphatic carbocycles. The van der Waals surface area contributed by atoms with Gasteiger partial charge in [0.2, 0.25) is 0 Å². The van der Waals surface area contributed by atoms with Gasteiger partial charge in [-0.15, -0.1) is 0 Å². The zero-order chi connectivity index (χ0) is 12.0. The van der Waals surface area contributed by atoms with E-state index in [0.29, 0.717) is 5.92 Å². The molecule has 1 aliphatic heterocycles. The lowest BCUT2D eigenvalue weighted by molar-refractivity contribution is -0.0680. The fourth-order valence-corrected chi connectivity index (χ4v) is 2.76. The largest absolute Gasteiger partial charge is 0.398 e. The van der Waals surface area contributed by atoms with Gasteiger partial charge in [-0.2, -0.15) is 0 Å². The van der Waals surface area contributed by atoms with Gasteiger partial charge in [0.25, 0.3) is 0 Å². The first-order valence-corrected chi connectivity index (χ1v) is 5.71. The van der Waals surface area contributed by atoms with Gasteiger partial charge in [-0.1, -0.05) is 0 Å². The Morgan fingerprint density at radius 2 is 2.06 bits per heavy atom. The third-order valence-electron chi connectivity index (χ3n) is 3.34. The molecule has 0 radical (unpaired) electrons. The fourth-order valence-electron chi connectivity index (χ4n) is 2.76. The molecule has 1 aliphatic rings. The summed E-state index contributed by atoms with van der Waals surface area (Å²) in [6.45, 7) is 8.50. The van der Waals surface area contributed by atoms with E-state index in [0.717, 1.165) is 17.7 Å². The van der Waals surface area contributed by atoms with Gasteiger partial charge in [-0.3, -0.25) is 4.98 Å². The summed E-state index contributed by atoms with van der Waals surface area (Å²) in [6, 6.07) is 1.86. The Morgan fingerprint density at radius 1 is 1.38 bits per heavy atom. The lowest BCUT2D eigenvalue weighted by atomic mass is 9.82. The topological polar surface area (TPSA) is 48.1 Å². The summed E-state index contributed by atoms with van der Waals surface area (Å²) < 4.78 is 6.07. The van der Waals surface area contributed by atoms with Gasteiger partial charge in [0.1, 0.15) is 0 Å². The van der Waals surface area contributed by atoms with Crippen LogP contribution in [-0.4, -0.2) is 16.2 Å². The van der Waals surface area contributed by atoms with Crippen LogP contribution in [0.5, 0.6) is 0 Å². The molecule has 0 aromatic carbocycles. The Bertz CT molecular complexity index is 399. The summed E-state index contributed by atoms with van der Waals surface area (Å²) in [7, 11) is 0. The van der Waals surface area contributed by atoms with Crippen molar-refractivity contribution < 1.29 is 4.74 Å². The van der Waals surface area contributed by atoms with Crippen molar-refractivity contribution in [3.05, 3.63) is 24.0 Å². The SMILES string of the molecule is CC1(C)CC(c2cnccc2N)C(C)(C)O1. The van der Waals surface area contributed by atoms with Crippen LogP contribution in [0.3, 0.4) is 0 Å². The zero-order valence-corrected chi connectivity index (χ0v) is 10.4. The highest BCUT2D eigenvalue weighted by Crippen LogP contribution is 2.48. The second kappa shape index (κ2) is 3.45. The first kappa shape index (κ1) is 11.4. The smallest absolute Gasteiger partial charge is 0.0704 e. The zero-order valence-electron chi connectivity index (χ0n) is 10.4. The molecule has 3 nitrogen and oxygen atoms in total. The van der Waals surface area contributed by atoms with Crippen LogP contribution < -0.4 is 5.73 Å². The second-order valence-electron chi connectivity index (χ2n) is 5.73. The van der Waals surface area contributed by atoms with Gasteiger partial charge in [0, 0.05) is 24.0 Å². The normalized spacial score (nSPS) is 26.9. The van der Waals surface area contributed by atoms with Gasteiger partial charge in [-0.25, -0.2) is 0 Å². The van der Waals surface area contributed by atoms with Crippen LogP contribution in [0.2, 0.25) is 0 Å². The van der Waals surface area contributed by atoms with Crippen molar-refractivity contribution in [1.82, 2.24) is 4.98 Å². The van der Waals surface area contributed by atoms with Gasteiger partial charge in [-0.05, 0) is 45.7 Å². The van der Waals surface area contributed by atoms with E-state index < -0.39 is 0 Å². The van der Waals surface area contributed by atoms with Crippen LogP contribution in [-0.2, 0) is 4.74 Å². The van der Waals surface area contributed by atoms with E-state index in [-0.39, 0.29) is 11.2 Å². The molecule has 2 rings (SSSR count). The molecule has 0 amide bonds. The molecule has 1 unspecified atom stereocenters. The Morgan fingerprint density at radius 3 is 2.56 bits per heavy atom. The van der Waals surface area contributed by atoms with Crippen LogP contribution in [0, 0.1) is 0 Å². The Labute approximate surface area is 97.0 Å². The molecule has 1 atom stereocenters. The minimum atomic E-state index is -0.180. The maximum absolute atomic E-state index is 6.07. The quantitative estimate of drug-likeness (QED) is 0.791. The number of rotatable bonds is 1. The molecular weight excluding hydrogens is 200 g/mol. The number of nitrogen functional groups attached to an aromatic ring is 1. The average Bonchev–Trinajstić information content (AvgIpc) is 2.35. The van der Waals surface area contributed by atoms with Gasteiger partial charge < -0.3 is 10.5 Å². The van der Waals surface area contributed by atoms with Crippen LogP contribution in [0.15, 0.2) is 18.5 Å². The van der Waals surface area contributed by atoms with E-state index >= 15 is 0 Å². The third-order valence-corrected chi connectivity index (χ3v) is 3.34. The number of aromatic nitrogens is 1. The Hall–Kier alpha value is -1.09. The lowest BCUT2D eigenvalue weighted by Crippen LogP contribution is -2.28. The van der Waals surface area contributed by atoms with E-state index in [9.17, 15) is 0 Å². The highest BCUT2D eigenvalue weighted by Gasteiger charge is 2.47. The molecule has 88 valence electrons. The van der Waals surface area contributed by atoms with Gasteiger partial charge in [0.05, 0.1) is 11.2 Å². The van der Waals surface area contributed by atoms with Crippen molar-refractivity contribution in [2.75, 3.05) is 5.73 Å². The summed E-state index contributed by atoms with van der Waals surface area (Å²) >= 11 is 0. The predicted molar refractivity (Wildman–Crippen MR) is 65.3 cm³/mol. The number of hydrogen-bond acceptors (Lipinski definition) is 3. The molecule has 1 aromatic heterocycles. The average molecular weight is 220 g/mol. The molecule has 0 saturated carbocycles. The Kier molecular flexibility index (Phi) is 2.46. The van der Waals surface area contributed by atoms with Crippen molar-refractivity contribution in [1.29, 1.82) is 0 Å². The highest BCUT2D eigenvalue weighted by molar-refractivity contribution is 5.48.